The Balaban J connectivity index is 1.75. The van der Waals surface area contributed by atoms with Gasteiger partial charge in [-0.3, -0.25) is 0 Å². The topological polar surface area (TPSA) is 51.8 Å². The monoisotopic (exact) mass is 219 g/mol. The molecule has 1 aromatic rings. The van der Waals surface area contributed by atoms with Crippen LogP contribution >= 0.6 is 0 Å². The van der Waals surface area contributed by atoms with Gasteiger partial charge in [-0.15, -0.1) is 0 Å². The Hall–Kier alpha value is -1.58. The van der Waals surface area contributed by atoms with Crippen molar-refractivity contribution in [2.75, 3.05) is 0 Å². The molecular formula is C12H13NO3. The molecule has 1 heterocycles. The lowest BCUT2D eigenvalue weighted by Crippen LogP contribution is -2.12. The SMILES string of the molecule is O=C(O/N=C1/CCCc2occc21)C1CC1. The molecule has 1 fully saturated rings. The highest BCUT2D eigenvalue weighted by molar-refractivity contribution is 6.02. The number of nitrogens with zero attached hydrogens (tertiary/aromatic N) is 1. The van der Waals surface area contributed by atoms with E-state index in [0.717, 1.165) is 49.1 Å². The first-order valence-electron chi connectivity index (χ1n) is 5.69. The second kappa shape index (κ2) is 3.77. The molecule has 1 aromatic heterocycles. The summed E-state index contributed by atoms with van der Waals surface area (Å²) in [5.41, 5.74) is 1.83. The lowest BCUT2D eigenvalue weighted by atomic mass is 9.97. The molecule has 0 bridgehead atoms. The van der Waals surface area contributed by atoms with Crippen LogP contribution in [0.25, 0.3) is 0 Å². The van der Waals surface area contributed by atoms with Gasteiger partial charge in [-0.2, -0.15) is 0 Å². The summed E-state index contributed by atoms with van der Waals surface area (Å²) in [6.45, 7) is 0. The Labute approximate surface area is 93.3 Å². The van der Waals surface area contributed by atoms with Crippen molar-refractivity contribution >= 4 is 11.7 Å². The van der Waals surface area contributed by atoms with Gasteiger partial charge in [0, 0.05) is 12.0 Å². The van der Waals surface area contributed by atoms with Gasteiger partial charge in [0.25, 0.3) is 0 Å². The molecule has 0 unspecified atom stereocenters. The maximum absolute atomic E-state index is 11.3. The van der Waals surface area contributed by atoms with Crippen LogP contribution in [0.3, 0.4) is 0 Å². The van der Waals surface area contributed by atoms with Crippen molar-refractivity contribution in [3.63, 3.8) is 0 Å². The Kier molecular flexibility index (Phi) is 2.27. The van der Waals surface area contributed by atoms with Gasteiger partial charge < -0.3 is 9.25 Å². The molecule has 4 heteroatoms. The normalized spacial score (nSPS) is 21.9. The fourth-order valence-electron chi connectivity index (χ4n) is 1.93. The number of fused-ring (bicyclic) bond motifs is 1. The molecule has 3 rings (SSSR count). The van der Waals surface area contributed by atoms with Crippen LogP contribution in [0.5, 0.6) is 0 Å². The number of aryl methyl sites for hydroxylation is 1. The molecule has 1 saturated carbocycles. The van der Waals surface area contributed by atoms with E-state index in [0.29, 0.717) is 0 Å². The minimum atomic E-state index is -0.192. The highest BCUT2D eigenvalue weighted by Gasteiger charge is 2.32. The third-order valence-electron chi connectivity index (χ3n) is 3.03. The zero-order valence-corrected chi connectivity index (χ0v) is 8.94. The number of hydrogen-bond donors (Lipinski definition) is 0. The predicted molar refractivity (Wildman–Crippen MR) is 57.0 cm³/mol. The van der Waals surface area contributed by atoms with Gasteiger partial charge in [0.05, 0.1) is 17.9 Å². The Morgan fingerprint density at radius 3 is 3.12 bits per heavy atom. The van der Waals surface area contributed by atoms with Crippen LogP contribution in [-0.4, -0.2) is 11.7 Å². The van der Waals surface area contributed by atoms with Crippen LogP contribution in [0, 0.1) is 5.92 Å². The summed E-state index contributed by atoms with van der Waals surface area (Å²) in [6.07, 6.45) is 6.35. The molecule has 0 spiro atoms. The van der Waals surface area contributed by atoms with Crippen molar-refractivity contribution in [3.05, 3.63) is 23.7 Å². The average molecular weight is 219 g/mol. The van der Waals surface area contributed by atoms with E-state index in [4.69, 9.17) is 9.25 Å². The first kappa shape index (κ1) is 9.63. The van der Waals surface area contributed by atoms with E-state index < -0.39 is 0 Å². The third kappa shape index (κ3) is 1.75. The first-order chi connectivity index (χ1) is 7.84. The Morgan fingerprint density at radius 2 is 2.31 bits per heavy atom. The van der Waals surface area contributed by atoms with Gasteiger partial charge >= 0.3 is 5.97 Å². The molecule has 0 aliphatic heterocycles. The third-order valence-corrected chi connectivity index (χ3v) is 3.03. The van der Waals surface area contributed by atoms with E-state index in [1.807, 2.05) is 6.07 Å². The molecule has 0 radical (unpaired) electrons. The van der Waals surface area contributed by atoms with Crippen LogP contribution in [0.4, 0.5) is 0 Å². The van der Waals surface area contributed by atoms with Crippen molar-refractivity contribution in [1.82, 2.24) is 0 Å². The fraction of sp³-hybridized carbons (Fsp3) is 0.500. The van der Waals surface area contributed by atoms with E-state index in [9.17, 15) is 4.79 Å². The standard InChI is InChI=1S/C12H13NO3/c14-12(8-4-5-8)16-13-10-2-1-3-11-9(10)6-7-15-11/h6-8H,1-5H2/b13-10-. The summed E-state index contributed by atoms with van der Waals surface area (Å²) in [4.78, 5) is 16.3. The van der Waals surface area contributed by atoms with E-state index in [2.05, 4.69) is 5.16 Å². The van der Waals surface area contributed by atoms with E-state index >= 15 is 0 Å². The molecule has 0 saturated heterocycles. The molecule has 0 N–H and O–H groups in total. The van der Waals surface area contributed by atoms with Crippen molar-refractivity contribution in [2.24, 2.45) is 11.1 Å². The predicted octanol–water partition coefficient (Wildman–Crippen LogP) is 2.27. The van der Waals surface area contributed by atoms with Gasteiger partial charge in [-0.05, 0) is 31.7 Å². The first-order valence-corrected chi connectivity index (χ1v) is 5.69. The zero-order chi connectivity index (χ0) is 11.0. The van der Waals surface area contributed by atoms with Gasteiger partial charge in [0.1, 0.15) is 5.76 Å². The summed E-state index contributed by atoms with van der Waals surface area (Å²) in [5.74, 6) is 0.854. The smallest absolute Gasteiger partial charge is 0.338 e. The number of carbonyl (C=O) groups is 1. The quantitative estimate of drug-likeness (QED) is 0.566. The minimum absolute atomic E-state index is 0.0942. The minimum Gasteiger partial charge on any atom is -0.469 e. The molecular weight excluding hydrogens is 206 g/mol. The largest absolute Gasteiger partial charge is 0.469 e. The maximum Gasteiger partial charge on any atom is 0.338 e. The summed E-state index contributed by atoms with van der Waals surface area (Å²) in [6, 6.07) is 1.89. The van der Waals surface area contributed by atoms with Crippen LogP contribution < -0.4 is 0 Å². The van der Waals surface area contributed by atoms with Crippen LogP contribution in [-0.2, 0) is 16.1 Å². The second-order valence-corrected chi connectivity index (χ2v) is 4.33. The molecule has 0 aromatic carbocycles. The van der Waals surface area contributed by atoms with E-state index in [-0.39, 0.29) is 11.9 Å². The molecule has 4 nitrogen and oxygen atoms in total. The number of rotatable bonds is 2. The van der Waals surface area contributed by atoms with Gasteiger partial charge in [-0.25, -0.2) is 4.79 Å². The highest BCUT2D eigenvalue weighted by atomic mass is 16.7. The summed E-state index contributed by atoms with van der Waals surface area (Å²) in [5, 5.41) is 3.97. The maximum atomic E-state index is 11.3. The van der Waals surface area contributed by atoms with Crippen molar-refractivity contribution in [3.8, 4) is 0 Å². The molecule has 16 heavy (non-hydrogen) atoms. The van der Waals surface area contributed by atoms with Crippen LogP contribution in [0.2, 0.25) is 0 Å². The number of hydrogen-bond acceptors (Lipinski definition) is 4. The zero-order valence-electron chi connectivity index (χ0n) is 8.94. The molecule has 0 amide bonds. The van der Waals surface area contributed by atoms with E-state index in [1.54, 1.807) is 6.26 Å². The Morgan fingerprint density at radius 1 is 1.44 bits per heavy atom. The van der Waals surface area contributed by atoms with E-state index in [1.165, 1.54) is 0 Å². The van der Waals surface area contributed by atoms with Gasteiger partial charge in [0.2, 0.25) is 0 Å². The lowest BCUT2D eigenvalue weighted by Gasteiger charge is -2.11. The van der Waals surface area contributed by atoms with Crippen LogP contribution in [0.1, 0.15) is 37.0 Å². The molecule has 84 valence electrons. The van der Waals surface area contributed by atoms with Gasteiger partial charge in [-0.1, -0.05) is 5.16 Å². The Bertz CT molecular complexity index is 443. The summed E-state index contributed by atoms with van der Waals surface area (Å²) >= 11 is 0. The number of furan rings is 1. The average Bonchev–Trinajstić information content (AvgIpc) is 3.04. The van der Waals surface area contributed by atoms with Crippen molar-refractivity contribution in [2.45, 2.75) is 32.1 Å². The lowest BCUT2D eigenvalue weighted by molar-refractivity contribution is -0.145. The van der Waals surface area contributed by atoms with Crippen molar-refractivity contribution in [1.29, 1.82) is 0 Å². The summed E-state index contributed by atoms with van der Waals surface area (Å²) in [7, 11) is 0. The molecule has 2 aliphatic rings. The van der Waals surface area contributed by atoms with Crippen LogP contribution in [0.15, 0.2) is 21.9 Å². The fourth-order valence-corrected chi connectivity index (χ4v) is 1.93. The highest BCUT2D eigenvalue weighted by Crippen LogP contribution is 2.30. The molecule has 2 aliphatic carbocycles. The molecule has 0 atom stereocenters. The second-order valence-electron chi connectivity index (χ2n) is 4.33. The summed E-state index contributed by atoms with van der Waals surface area (Å²) < 4.78 is 5.33. The number of oxime groups is 1. The van der Waals surface area contributed by atoms with Gasteiger partial charge in [0.15, 0.2) is 0 Å². The number of carbonyl (C=O) groups excluding carboxylic acids is 1. The van der Waals surface area contributed by atoms with Crippen molar-refractivity contribution < 1.29 is 14.0 Å².